The summed E-state index contributed by atoms with van der Waals surface area (Å²) in [5, 5.41) is 6.83. The standard InChI is InChI=1S/C18H21IN2OS/c19-15-3-1-2-12(9-15)17(22)21-18(23)20-16-13-5-10-4-11(7-13)8-14(16)6-10/h1-3,9-11,13-14,16H,4-8H2,(H2,20,21,22,23). The number of amides is 1. The number of thiocarbonyl (C=S) groups is 1. The van der Waals surface area contributed by atoms with Crippen molar-refractivity contribution in [3.63, 3.8) is 0 Å². The monoisotopic (exact) mass is 440 g/mol. The number of carbonyl (C=O) groups excluding carboxylic acids is 1. The molecular weight excluding hydrogens is 419 g/mol. The van der Waals surface area contributed by atoms with Crippen LogP contribution in [-0.4, -0.2) is 17.1 Å². The molecule has 0 radical (unpaired) electrons. The molecule has 0 aromatic heterocycles. The highest BCUT2D eigenvalue weighted by atomic mass is 127. The lowest BCUT2D eigenvalue weighted by atomic mass is 9.54. The van der Waals surface area contributed by atoms with Crippen LogP contribution in [0, 0.1) is 27.2 Å². The first-order valence-electron chi connectivity index (χ1n) is 8.46. The Hall–Kier alpha value is -0.690. The summed E-state index contributed by atoms with van der Waals surface area (Å²) in [7, 11) is 0. The van der Waals surface area contributed by atoms with Crippen molar-refractivity contribution in [2.45, 2.75) is 38.1 Å². The molecule has 0 aliphatic heterocycles. The summed E-state index contributed by atoms with van der Waals surface area (Å²) in [6, 6.07) is 8.03. The van der Waals surface area contributed by atoms with Gasteiger partial charge in [0.05, 0.1) is 0 Å². The number of benzene rings is 1. The number of hydrogen-bond donors (Lipinski definition) is 2. The van der Waals surface area contributed by atoms with Gasteiger partial charge in [-0.05, 0) is 109 Å². The van der Waals surface area contributed by atoms with Crippen LogP contribution in [0.1, 0.15) is 42.5 Å². The Labute approximate surface area is 156 Å². The Morgan fingerprint density at radius 2 is 1.74 bits per heavy atom. The van der Waals surface area contributed by atoms with Crippen LogP contribution in [0.5, 0.6) is 0 Å². The van der Waals surface area contributed by atoms with Crippen molar-refractivity contribution in [2.24, 2.45) is 23.7 Å². The van der Waals surface area contributed by atoms with Gasteiger partial charge in [-0.25, -0.2) is 0 Å². The number of hydrogen-bond acceptors (Lipinski definition) is 2. The average Bonchev–Trinajstić information content (AvgIpc) is 2.50. The van der Waals surface area contributed by atoms with Gasteiger partial charge in [0.2, 0.25) is 0 Å². The quantitative estimate of drug-likeness (QED) is 0.544. The largest absolute Gasteiger partial charge is 0.359 e. The Kier molecular flexibility index (Phi) is 4.34. The summed E-state index contributed by atoms with van der Waals surface area (Å²) in [6.45, 7) is 0. The van der Waals surface area contributed by atoms with Gasteiger partial charge in [-0.2, -0.15) is 0 Å². The molecule has 122 valence electrons. The number of halogens is 1. The number of carbonyl (C=O) groups is 1. The molecule has 5 rings (SSSR count). The minimum Gasteiger partial charge on any atom is -0.359 e. The molecule has 4 saturated carbocycles. The Morgan fingerprint density at radius 3 is 2.35 bits per heavy atom. The minimum atomic E-state index is -0.121. The predicted octanol–water partition coefficient (Wildman–Crippen LogP) is 3.72. The molecule has 3 nitrogen and oxygen atoms in total. The second-order valence-corrected chi connectivity index (χ2v) is 9.05. The molecule has 4 fully saturated rings. The number of nitrogens with one attached hydrogen (secondary N) is 2. The lowest BCUT2D eigenvalue weighted by Crippen LogP contribution is -2.57. The van der Waals surface area contributed by atoms with Gasteiger partial charge in [0.25, 0.3) is 5.91 Å². The Balaban J connectivity index is 1.38. The van der Waals surface area contributed by atoms with E-state index in [1.807, 2.05) is 24.3 Å². The van der Waals surface area contributed by atoms with Crippen molar-refractivity contribution >= 4 is 45.8 Å². The van der Waals surface area contributed by atoms with Crippen LogP contribution in [0.15, 0.2) is 24.3 Å². The number of rotatable bonds is 2. The summed E-state index contributed by atoms with van der Waals surface area (Å²) >= 11 is 7.63. The maximum Gasteiger partial charge on any atom is 0.257 e. The average molecular weight is 440 g/mol. The van der Waals surface area contributed by atoms with Crippen LogP contribution >= 0.6 is 34.8 Å². The summed E-state index contributed by atoms with van der Waals surface area (Å²) in [6.07, 6.45) is 6.83. The summed E-state index contributed by atoms with van der Waals surface area (Å²) in [4.78, 5) is 12.3. The van der Waals surface area contributed by atoms with E-state index in [1.165, 1.54) is 32.1 Å². The van der Waals surface area contributed by atoms with Crippen molar-refractivity contribution in [1.29, 1.82) is 0 Å². The molecule has 0 unspecified atom stereocenters. The van der Waals surface area contributed by atoms with E-state index in [4.69, 9.17) is 12.2 Å². The first kappa shape index (κ1) is 15.8. The molecule has 0 spiro atoms. The van der Waals surface area contributed by atoms with Crippen molar-refractivity contribution in [3.8, 4) is 0 Å². The van der Waals surface area contributed by atoms with Gasteiger partial charge in [0, 0.05) is 15.2 Å². The zero-order valence-corrected chi connectivity index (χ0v) is 15.9. The van der Waals surface area contributed by atoms with Crippen LogP contribution in [0.4, 0.5) is 0 Å². The molecule has 1 amide bonds. The maximum atomic E-state index is 12.3. The fourth-order valence-electron chi connectivity index (χ4n) is 5.15. The van der Waals surface area contributed by atoms with E-state index < -0.39 is 0 Å². The second kappa shape index (κ2) is 6.31. The van der Waals surface area contributed by atoms with Crippen molar-refractivity contribution in [3.05, 3.63) is 33.4 Å². The summed E-state index contributed by atoms with van der Waals surface area (Å²) < 4.78 is 1.05. The maximum absolute atomic E-state index is 12.3. The smallest absolute Gasteiger partial charge is 0.257 e. The van der Waals surface area contributed by atoms with E-state index in [1.54, 1.807) is 0 Å². The van der Waals surface area contributed by atoms with E-state index in [0.717, 1.165) is 27.2 Å². The van der Waals surface area contributed by atoms with Crippen LogP contribution < -0.4 is 10.6 Å². The Bertz CT molecular complexity index is 620. The van der Waals surface area contributed by atoms with E-state index in [0.29, 0.717) is 16.7 Å². The highest BCUT2D eigenvalue weighted by molar-refractivity contribution is 14.1. The first-order valence-corrected chi connectivity index (χ1v) is 9.94. The molecule has 4 aliphatic rings. The van der Waals surface area contributed by atoms with Gasteiger partial charge in [-0.15, -0.1) is 0 Å². The molecule has 1 aromatic carbocycles. The van der Waals surface area contributed by atoms with Gasteiger partial charge in [-0.1, -0.05) is 6.07 Å². The van der Waals surface area contributed by atoms with Gasteiger partial charge in [-0.3, -0.25) is 10.1 Å². The van der Waals surface area contributed by atoms with Gasteiger partial charge >= 0.3 is 0 Å². The molecule has 23 heavy (non-hydrogen) atoms. The zero-order valence-electron chi connectivity index (χ0n) is 12.9. The minimum absolute atomic E-state index is 0.121. The topological polar surface area (TPSA) is 41.1 Å². The molecule has 5 heteroatoms. The molecule has 0 heterocycles. The van der Waals surface area contributed by atoms with Gasteiger partial charge in [0.1, 0.15) is 0 Å². The molecule has 0 atom stereocenters. The van der Waals surface area contributed by atoms with E-state index in [-0.39, 0.29) is 5.91 Å². The molecular formula is C18H21IN2OS. The van der Waals surface area contributed by atoms with Gasteiger partial charge in [0.15, 0.2) is 5.11 Å². The second-order valence-electron chi connectivity index (χ2n) is 7.39. The molecule has 2 N–H and O–H groups in total. The van der Waals surface area contributed by atoms with Crippen molar-refractivity contribution in [2.75, 3.05) is 0 Å². The lowest BCUT2D eigenvalue weighted by molar-refractivity contribution is -0.00692. The first-order chi connectivity index (χ1) is 11.1. The van der Waals surface area contributed by atoms with E-state index >= 15 is 0 Å². The van der Waals surface area contributed by atoms with Crippen LogP contribution in [0.3, 0.4) is 0 Å². The lowest BCUT2D eigenvalue weighted by Gasteiger charge is -2.54. The normalized spacial score (nSPS) is 34.2. The van der Waals surface area contributed by atoms with E-state index in [9.17, 15) is 4.79 Å². The highest BCUT2D eigenvalue weighted by Crippen LogP contribution is 2.53. The summed E-state index contributed by atoms with van der Waals surface area (Å²) in [5.74, 6) is 3.28. The molecule has 1 aromatic rings. The Morgan fingerprint density at radius 1 is 1.09 bits per heavy atom. The highest BCUT2D eigenvalue weighted by Gasteiger charge is 2.48. The van der Waals surface area contributed by atoms with Crippen LogP contribution in [0.2, 0.25) is 0 Å². The van der Waals surface area contributed by atoms with Crippen LogP contribution in [-0.2, 0) is 0 Å². The van der Waals surface area contributed by atoms with E-state index in [2.05, 4.69) is 33.2 Å². The zero-order chi connectivity index (χ0) is 16.0. The third kappa shape index (κ3) is 3.27. The summed E-state index contributed by atoms with van der Waals surface area (Å²) in [5.41, 5.74) is 0.658. The molecule has 4 aliphatic carbocycles. The van der Waals surface area contributed by atoms with Gasteiger partial charge < -0.3 is 5.32 Å². The SMILES string of the molecule is O=C(NC(=S)NC1C2CC3CC(C2)CC1C3)c1cccc(I)c1. The third-order valence-electron chi connectivity index (χ3n) is 5.84. The molecule has 4 bridgehead atoms. The third-order valence-corrected chi connectivity index (χ3v) is 6.73. The fourth-order valence-corrected chi connectivity index (χ4v) is 5.93. The van der Waals surface area contributed by atoms with Crippen LogP contribution in [0.25, 0.3) is 0 Å². The fraction of sp³-hybridized carbons (Fsp3) is 0.556. The molecule has 0 saturated heterocycles. The van der Waals surface area contributed by atoms with Crippen molar-refractivity contribution in [1.82, 2.24) is 10.6 Å². The predicted molar refractivity (Wildman–Crippen MR) is 103 cm³/mol. The van der Waals surface area contributed by atoms with Crippen molar-refractivity contribution < 1.29 is 4.79 Å².